The SMILES string of the molecule is CC1CCCC(Sc2ccc(CNC(C)(C)C)cc2Br)C1. The first-order valence-electron chi connectivity index (χ1n) is 8.03. The van der Waals surface area contributed by atoms with Crippen molar-refractivity contribution in [1.29, 1.82) is 0 Å². The molecule has 21 heavy (non-hydrogen) atoms. The molecule has 0 aliphatic heterocycles. The molecule has 0 radical (unpaired) electrons. The number of hydrogen-bond acceptors (Lipinski definition) is 2. The van der Waals surface area contributed by atoms with Gasteiger partial charge < -0.3 is 5.32 Å². The molecular weight excluding hydrogens is 342 g/mol. The lowest BCUT2D eigenvalue weighted by Crippen LogP contribution is -2.35. The Labute approximate surface area is 142 Å². The average molecular weight is 370 g/mol. The maximum atomic E-state index is 3.76. The van der Waals surface area contributed by atoms with Gasteiger partial charge in [-0.25, -0.2) is 0 Å². The van der Waals surface area contributed by atoms with Crippen LogP contribution in [0.15, 0.2) is 27.6 Å². The summed E-state index contributed by atoms with van der Waals surface area (Å²) in [5, 5.41) is 4.34. The number of thioether (sulfide) groups is 1. The van der Waals surface area contributed by atoms with Crippen molar-refractivity contribution in [1.82, 2.24) is 5.32 Å². The molecule has 1 fully saturated rings. The first-order valence-corrected chi connectivity index (χ1v) is 9.71. The molecule has 118 valence electrons. The van der Waals surface area contributed by atoms with E-state index in [4.69, 9.17) is 0 Å². The minimum Gasteiger partial charge on any atom is -0.308 e. The lowest BCUT2D eigenvalue weighted by molar-refractivity contribution is 0.394. The number of halogens is 1. The maximum Gasteiger partial charge on any atom is 0.0314 e. The lowest BCUT2D eigenvalue weighted by atomic mass is 9.91. The molecule has 0 spiro atoms. The molecule has 3 heteroatoms. The number of rotatable bonds is 4. The molecule has 2 unspecified atom stereocenters. The van der Waals surface area contributed by atoms with Crippen molar-refractivity contribution < 1.29 is 0 Å². The summed E-state index contributed by atoms with van der Waals surface area (Å²) in [4.78, 5) is 1.40. The number of hydrogen-bond donors (Lipinski definition) is 1. The van der Waals surface area contributed by atoms with E-state index in [2.05, 4.69) is 78.9 Å². The van der Waals surface area contributed by atoms with E-state index in [-0.39, 0.29) is 5.54 Å². The summed E-state index contributed by atoms with van der Waals surface area (Å²) in [5.74, 6) is 0.894. The Balaban J connectivity index is 1.95. The van der Waals surface area contributed by atoms with Crippen LogP contribution in [-0.4, -0.2) is 10.8 Å². The van der Waals surface area contributed by atoms with Gasteiger partial charge in [-0.1, -0.05) is 25.8 Å². The Bertz CT molecular complexity index is 467. The van der Waals surface area contributed by atoms with Crippen LogP contribution >= 0.6 is 27.7 Å². The van der Waals surface area contributed by atoms with E-state index < -0.39 is 0 Å². The monoisotopic (exact) mass is 369 g/mol. The molecule has 0 amide bonds. The molecule has 1 N–H and O–H groups in total. The van der Waals surface area contributed by atoms with Crippen LogP contribution in [0.25, 0.3) is 0 Å². The van der Waals surface area contributed by atoms with Crippen LogP contribution in [0.2, 0.25) is 0 Å². The minimum absolute atomic E-state index is 0.165. The second kappa shape index (κ2) is 7.52. The van der Waals surface area contributed by atoms with Gasteiger partial charge in [-0.15, -0.1) is 11.8 Å². The predicted octanol–water partition coefficient (Wildman–Crippen LogP) is 6.01. The third kappa shape index (κ3) is 5.96. The summed E-state index contributed by atoms with van der Waals surface area (Å²) in [6.45, 7) is 9.93. The van der Waals surface area contributed by atoms with Gasteiger partial charge in [0.15, 0.2) is 0 Å². The van der Waals surface area contributed by atoms with Crippen molar-refractivity contribution in [2.45, 2.75) is 75.6 Å². The van der Waals surface area contributed by atoms with Gasteiger partial charge in [0.05, 0.1) is 0 Å². The zero-order valence-corrected chi connectivity index (χ0v) is 16.1. The molecule has 1 nitrogen and oxygen atoms in total. The fourth-order valence-electron chi connectivity index (χ4n) is 2.78. The molecule has 1 aromatic carbocycles. The molecule has 1 aliphatic carbocycles. The largest absolute Gasteiger partial charge is 0.308 e. The van der Waals surface area contributed by atoms with Gasteiger partial charge in [0, 0.05) is 26.7 Å². The molecule has 2 atom stereocenters. The van der Waals surface area contributed by atoms with Crippen LogP contribution in [0, 0.1) is 5.92 Å². The standard InChI is InChI=1S/C18H28BrNS/c1-13-6-5-7-15(10-13)21-17-9-8-14(11-16(17)19)12-20-18(2,3)4/h8-9,11,13,15,20H,5-7,10,12H2,1-4H3. The molecule has 0 bridgehead atoms. The highest BCUT2D eigenvalue weighted by Gasteiger charge is 2.20. The normalized spacial score (nSPS) is 23.3. The smallest absolute Gasteiger partial charge is 0.0314 e. The fraction of sp³-hybridized carbons (Fsp3) is 0.667. The van der Waals surface area contributed by atoms with Crippen LogP contribution in [0.5, 0.6) is 0 Å². The lowest BCUT2D eigenvalue weighted by Gasteiger charge is -2.26. The van der Waals surface area contributed by atoms with E-state index in [1.807, 2.05) is 0 Å². The summed E-state index contributed by atoms with van der Waals surface area (Å²) in [5.41, 5.74) is 1.51. The topological polar surface area (TPSA) is 12.0 Å². The highest BCUT2D eigenvalue weighted by atomic mass is 79.9. The van der Waals surface area contributed by atoms with Crippen molar-refractivity contribution in [3.05, 3.63) is 28.2 Å². The maximum absolute atomic E-state index is 3.76. The average Bonchev–Trinajstić information content (AvgIpc) is 2.38. The molecule has 0 saturated heterocycles. The van der Waals surface area contributed by atoms with Crippen molar-refractivity contribution >= 4 is 27.7 Å². The van der Waals surface area contributed by atoms with Crippen LogP contribution in [0.3, 0.4) is 0 Å². The van der Waals surface area contributed by atoms with Gasteiger partial charge in [-0.3, -0.25) is 0 Å². The van der Waals surface area contributed by atoms with Crippen LogP contribution in [-0.2, 0) is 6.54 Å². The summed E-state index contributed by atoms with van der Waals surface area (Å²) < 4.78 is 1.25. The molecule has 1 aliphatic rings. The molecule has 0 heterocycles. The Kier molecular flexibility index (Phi) is 6.22. The molecule has 1 aromatic rings. The van der Waals surface area contributed by atoms with E-state index in [1.54, 1.807) is 0 Å². The van der Waals surface area contributed by atoms with E-state index in [1.165, 1.54) is 40.6 Å². The number of nitrogens with one attached hydrogen (secondary N) is 1. The van der Waals surface area contributed by atoms with E-state index in [0.29, 0.717) is 0 Å². The Morgan fingerprint density at radius 1 is 1.29 bits per heavy atom. The van der Waals surface area contributed by atoms with Gasteiger partial charge in [-0.05, 0) is 73.2 Å². The first-order chi connectivity index (χ1) is 9.83. The van der Waals surface area contributed by atoms with Crippen LogP contribution in [0.4, 0.5) is 0 Å². The minimum atomic E-state index is 0.165. The molecule has 0 aromatic heterocycles. The van der Waals surface area contributed by atoms with Gasteiger partial charge in [-0.2, -0.15) is 0 Å². The van der Waals surface area contributed by atoms with Crippen molar-refractivity contribution in [3.63, 3.8) is 0 Å². The van der Waals surface area contributed by atoms with Crippen molar-refractivity contribution in [3.8, 4) is 0 Å². The van der Waals surface area contributed by atoms with Crippen LogP contribution in [0.1, 0.15) is 58.9 Å². The Hall–Kier alpha value is 0.01000. The zero-order valence-electron chi connectivity index (χ0n) is 13.7. The molecule has 2 rings (SSSR count). The van der Waals surface area contributed by atoms with E-state index >= 15 is 0 Å². The second-order valence-electron chi connectivity index (χ2n) is 7.38. The van der Waals surface area contributed by atoms with Crippen LogP contribution < -0.4 is 5.32 Å². The van der Waals surface area contributed by atoms with Gasteiger partial charge >= 0.3 is 0 Å². The summed E-state index contributed by atoms with van der Waals surface area (Å²) >= 11 is 5.82. The third-order valence-electron chi connectivity index (χ3n) is 4.00. The highest BCUT2D eigenvalue weighted by Crippen LogP contribution is 2.39. The quantitative estimate of drug-likeness (QED) is 0.697. The second-order valence-corrected chi connectivity index (χ2v) is 9.58. The van der Waals surface area contributed by atoms with E-state index in [0.717, 1.165) is 17.7 Å². The molecule has 1 saturated carbocycles. The summed E-state index contributed by atoms with van der Waals surface area (Å²) in [7, 11) is 0. The number of benzene rings is 1. The van der Waals surface area contributed by atoms with Crippen molar-refractivity contribution in [2.75, 3.05) is 0 Å². The highest BCUT2D eigenvalue weighted by molar-refractivity contribution is 9.10. The molecular formula is C18H28BrNS. The van der Waals surface area contributed by atoms with Crippen molar-refractivity contribution in [2.24, 2.45) is 5.92 Å². The fourth-order valence-corrected chi connectivity index (χ4v) is 4.88. The Morgan fingerprint density at radius 2 is 2.05 bits per heavy atom. The summed E-state index contributed by atoms with van der Waals surface area (Å²) in [6, 6.07) is 6.82. The zero-order chi connectivity index (χ0) is 15.5. The van der Waals surface area contributed by atoms with Gasteiger partial charge in [0.2, 0.25) is 0 Å². The predicted molar refractivity (Wildman–Crippen MR) is 98.0 cm³/mol. The summed E-state index contributed by atoms with van der Waals surface area (Å²) in [6.07, 6.45) is 5.54. The Morgan fingerprint density at radius 3 is 2.67 bits per heavy atom. The van der Waals surface area contributed by atoms with E-state index in [9.17, 15) is 0 Å². The third-order valence-corrected chi connectivity index (χ3v) is 6.29. The van der Waals surface area contributed by atoms with Gasteiger partial charge in [0.25, 0.3) is 0 Å². The first kappa shape index (κ1) is 17.4. The van der Waals surface area contributed by atoms with Gasteiger partial charge in [0.1, 0.15) is 0 Å².